The Hall–Kier alpha value is -4.40. The van der Waals surface area contributed by atoms with Crippen LogP contribution in [0.2, 0.25) is 0 Å². The number of likely N-dealkylation sites (tertiary alicyclic amines) is 1. The predicted molar refractivity (Wildman–Crippen MR) is 142 cm³/mol. The molecule has 9 nitrogen and oxygen atoms in total. The highest BCUT2D eigenvalue weighted by atomic mass is 19.4. The van der Waals surface area contributed by atoms with E-state index in [2.05, 4.69) is 10.4 Å². The van der Waals surface area contributed by atoms with Gasteiger partial charge < -0.3 is 15.1 Å². The summed E-state index contributed by atoms with van der Waals surface area (Å²) in [6.45, 7) is -2.80. The Morgan fingerprint density at radius 1 is 1.11 bits per heavy atom. The summed E-state index contributed by atoms with van der Waals surface area (Å²) in [5.41, 5.74) is -4.30. The molecule has 2 atom stereocenters. The van der Waals surface area contributed by atoms with Crippen LogP contribution in [0.5, 0.6) is 0 Å². The molecule has 2 aliphatic heterocycles. The summed E-state index contributed by atoms with van der Waals surface area (Å²) in [6, 6.07) is 5.59. The SMILES string of the molecule is CN1CC(N(Cc2ccc(F)cc2)C(=O)CN2C(=O)N[C@@]3(C[C@H](F)c4cc(-c5cnn(C)c5)c(F)cc43)C2=O)(C(F)(F)F)C1. The minimum Gasteiger partial charge on any atom is -0.320 e. The number of urea groups is 1. The maximum atomic E-state index is 15.4. The van der Waals surface area contributed by atoms with Crippen LogP contribution in [0.15, 0.2) is 48.8 Å². The molecule has 2 fully saturated rings. The number of rotatable bonds is 6. The van der Waals surface area contributed by atoms with Crippen LogP contribution in [-0.4, -0.2) is 80.7 Å². The molecule has 0 saturated carbocycles. The van der Waals surface area contributed by atoms with E-state index in [9.17, 15) is 31.9 Å². The van der Waals surface area contributed by atoms with E-state index in [1.807, 2.05) is 0 Å². The lowest BCUT2D eigenvalue weighted by Gasteiger charge is -2.55. The summed E-state index contributed by atoms with van der Waals surface area (Å²) < 4.78 is 89.1. The molecule has 1 N–H and O–H groups in total. The van der Waals surface area contributed by atoms with Crippen molar-refractivity contribution in [2.75, 3.05) is 26.7 Å². The number of aromatic nitrogens is 2. The number of amides is 4. The maximum absolute atomic E-state index is 15.4. The van der Waals surface area contributed by atoms with Crippen molar-refractivity contribution in [3.63, 3.8) is 0 Å². The van der Waals surface area contributed by atoms with Crippen LogP contribution in [0.3, 0.4) is 0 Å². The monoisotopic (exact) mass is 620 g/mol. The number of carbonyl (C=O) groups is 3. The highest BCUT2D eigenvalue weighted by Gasteiger charge is 2.66. The van der Waals surface area contributed by atoms with Gasteiger partial charge in [-0.15, -0.1) is 0 Å². The quantitative estimate of drug-likeness (QED) is 0.335. The number of hydrogen-bond acceptors (Lipinski definition) is 5. The van der Waals surface area contributed by atoms with E-state index < -0.39 is 85.5 Å². The predicted octanol–water partition coefficient (Wildman–Crippen LogP) is 3.80. The number of nitrogens with zero attached hydrogens (tertiary/aromatic N) is 5. The van der Waals surface area contributed by atoms with E-state index in [0.29, 0.717) is 15.4 Å². The number of imide groups is 1. The summed E-state index contributed by atoms with van der Waals surface area (Å²) in [7, 11) is 3.06. The summed E-state index contributed by atoms with van der Waals surface area (Å²) in [4.78, 5) is 42.8. The second-order valence-corrected chi connectivity index (χ2v) is 11.5. The third kappa shape index (κ3) is 4.52. The first-order valence-electron chi connectivity index (χ1n) is 13.6. The zero-order chi connectivity index (χ0) is 31.8. The number of aryl methyl sites for hydroxylation is 1. The zero-order valence-electron chi connectivity index (χ0n) is 23.5. The highest BCUT2D eigenvalue weighted by molar-refractivity contribution is 6.10. The largest absolute Gasteiger partial charge is 0.414 e. The average Bonchev–Trinajstić information content (AvgIpc) is 3.55. The minimum absolute atomic E-state index is 0.0275. The molecule has 0 unspecified atom stereocenters. The van der Waals surface area contributed by atoms with E-state index in [4.69, 9.17) is 0 Å². The molecule has 1 aliphatic carbocycles. The van der Waals surface area contributed by atoms with Gasteiger partial charge >= 0.3 is 12.2 Å². The number of alkyl halides is 4. The molecule has 3 aromatic rings. The standard InChI is InChI=1S/C29H26F6N6O3/c1-38-14-27(15-38,29(33,34)35)41(11-16-3-5-18(30)6-4-16)24(42)13-40-25(43)28(37-26(40)44)9-23(32)20-7-19(22(31)8-21(20)28)17-10-36-39(2)12-17/h3-8,10,12,23H,9,11,13-15H2,1-2H3,(H,37,44)/t23-,28+/m0/s1. The molecular weight excluding hydrogens is 594 g/mol. The van der Waals surface area contributed by atoms with E-state index in [0.717, 1.165) is 18.2 Å². The van der Waals surface area contributed by atoms with Crippen LogP contribution in [0, 0.1) is 11.6 Å². The molecule has 15 heteroatoms. The number of carbonyl (C=O) groups excluding carboxylic acids is 3. The van der Waals surface area contributed by atoms with E-state index in [1.54, 1.807) is 7.05 Å². The molecule has 3 heterocycles. The third-order valence-electron chi connectivity index (χ3n) is 8.57. The Morgan fingerprint density at radius 3 is 2.39 bits per heavy atom. The molecule has 0 bridgehead atoms. The van der Waals surface area contributed by atoms with Gasteiger partial charge in [0.25, 0.3) is 5.91 Å². The lowest BCUT2D eigenvalue weighted by Crippen LogP contribution is -2.77. The number of benzene rings is 2. The van der Waals surface area contributed by atoms with Gasteiger partial charge in [-0.2, -0.15) is 18.3 Å². The Morgan fingerprint density at radius 2 is 1.80 bits per heavy atom. The molecule has 6 rings (SSSR count). The van der Waals surface area contributed by atoms with Crippen molar-refractivity contribution in [2.24, 2.45) is 7.05 Å². The van der Waals surface area contributed by atoms with Gasteiger partial charge in [0.15, 0.2) is 5.54 Å². The van der Waals surface area contributed by atoms with Crippen LogP contribution >= 0.6 is 0 Å². The van der Waals surface area contributed by atoms with Crippen LogP contribution in [0.25, 0.3) is 11.1 Å². The summed E-state index contributed by atoms with van der Waals surface area (Å²) in [6.07, 6.45) is -4.38. The van der Waals surface area contributed by atoms with Gasteiger partial charge in [-0.3, -0.25) is 19.2 Å². The molecule has 1 aromatic heterocycles. The first-order chi connectivity index (χ1) is 20.6. The fourth-order valence-electron chi connectivity index (χ4n) is 6.40. The normalized spacial score (nSPS) is 22.7. The van der Waals surface area contributed by atoms with Gasteiger partial charge in [-0.25, -0.2) is 18.0 Å². The van der Waals surface area contributed by atoms with Crippen LogP contribution in [-0.2, 0) is 28.7 Å². The summed E-state index contributed by atoms with van der Waals surface area (Å²) in [5.74, 6) is -3.72. The van der Waals surface area contributed by atoms with Gasteiger partial charge in [-0.1, -0.05) is 12.1 Å². The van der Waals surface area contributed by atoms with Crippen molar-refractivity contribution in [1.29, 1.82) is 0 Å². The van der Waals surface area contributed by atoms with Crippen LogP contribution in [0.4, 0.5) is 31.1 Å². The molecule has 2 saturated heterocycles. The van der Waals surface area contributed by atoms with Crippen molar-refractivity contribution in [1.82, 2.24) is 29.8 Å². The zero-order valence-corrected chi connectivity index (χ0v) is 23.5. The molecule has 2 aromatic carbocycles. The number of halogens is 6. The number of nitrogens with one attached hydrogen (secondary N) is 1. The molecule has 44 heavy (non-hydrogen) atoms. The Kier molecular flexibility index (Phi) is 6.79. The molecule has 0 radical (unpaired) electrons. The topological polar surface area (TPSA) is 90.8 Å². The first-order valence-corrected chi connectivity index (χ1v) is 13.6. The van der Waals surface area contributed by atoms with Crippen molar-refractivity contribution >= 4 is 17.8 Å². The Bertz CT molecular complexity index is 1670. The maximum Gasteiger partial charge on any atom is 0.414 e. The molecule has 4 amide bonds. The van der Waals surface area contributed by atoms with Crippen molar-refractivity contribution < 1.29 is 40.7 Å². The summed E-state index contributed by atoms with van der Waals surface area (Å²) >= 11 is 0. The number of likely N-dealkylation sites (N-methyl/N-ethyl adjacent to an activating group) is 1. The molecule has 3 aliphatic rings. The average molecular weight is 621 g/mol. The van der Waals surface area contributed by atoms with Gasteiger partial charge in [0.1, 0.15) is 29.9 Å². The smallest absolute Gasteiger partial charge is 0.320 e. The number of hydrogen-bond donors (Lipinski definition) is 1. The van der Waals surface area contributed by atoms with Gasteiger partial charge in [-0.05, 0) is 48.0 Å². The van der Waals surface area contributed by atoms with Gasteiger partial charge in [0, 0.05) is 50.4 Å². The van der Waals surface area contributed by atoms with Gasteiger partial charge in [0.2, 0.25) is 5.91 Å². The van der Waals surface area contributed by atoms with E-state index in [-0.39, 0.29) is 22.3 Å². The van der Waals surface area contributed by atoms with Crippen LogP contribution < -0.4 is 5.32 Å². The molecular formula is C29H26F6N6O3. The second kappa shape index (κ2) is 10.1. The van der Waals surface area contributed by atoms with Crippen molar-refractivity contribution in [3.8, 4) is 11.1 Å². The second-order valence-electron chi connectivity index (χ2n) is 11.5. The number of fused-ring (bicyclic) bond motifs is 2. The van der Waals surface area contributed by atoms with Gasteiger partial charge in [0.05, 0.1) is 6.20 Å². The fourth-order valence-corrected chi connectivity index (χ4v) is 6.40. The van der Waals surface area contributed by atoms with E-state index in [1.165, 1.54) is 47.2 Å². The lowest BCUT2D eigenvalue weighted by molar-refractivity contribution is -0.268. The van der Waals surface area contributed by atoms with E-state index >= 15 is 8.78 Å². The first kappa shape index (κ1) is 29.7. The highest BCUT2D eigenvalue weighted by Crippen LogP contribution is 2.50. The third-order valence-corrected chi connectivity index (χ3v) is 8.57. The Labute approximate surface area is 247 Å². The lowest BCUT2D eigenvalue weighted by atomic mass is 9.86. The Balaban J connectivity index is 1.32. The molecule has 1 spiro atoms. The van der Waals surface area contributed by atoms with Crippen LogP contribution in [0.1, 0.15) is 29.3 Å². The fraction of sp³-hybridized carbons (Fsp3) is 0.379. The molecule has 232 valence electrons. The van der Waals surface area contributed by atoms with Crippen molar-refractivity contribution in [3.05, 3.63) is 77.1 Å². The van der Waals surface area contributed by atoms with Crippen molar-refractivity contribution in [2.45, 2.75) is 36.4 Å². The minimum atomic E-state index is -4.89. The summed E-state index contributed by atoms with van der Waals surface area (Å²) in [5, 5.41) is 6.36.